The molecule has 114 valence electrons. The Bertz CT molecular complexity index is 706. The van der Waals surface area contributed by atoms with E-state index in [9.17, 15) is 0 Å². The molecule has 0 fully saturated rings. The predicted molar refractivity (Wildman–Crippen MR) is 104 cm³/mol. The first kappa shape index (κ1) is 15.7. The Labute approximate surface area is 140 Å². The van der Waals surface area contributed by atoms with Crippen LogP contribution in [0.25, 0.3) is 6.08 Å². The zero-order chi connectivity index (χ0) is 15.9. The molecule has 0 spiro atoms. The lowest BCUT2D eigenvalue weighted by Gasteiger charge is -2.21. The van der Waals surface area contributed by atoms with Gasteiger partial charge in [0.1, 0.15) is 0 Å². The first-order valence-electron chi connectivity index (χ1n) is 8.04. The van der Waals surface area contributed by atoms with E-state index in [0.29, 0.717) is 0 Å². The summed E-state index contributed by atoms with van der Waals surface area (Å²) in [4.78, 5) is 0. The molecule has 3 aromatic carbocycles. The van der Waals surface area contributed by atoms with Crippen molar-refractivity contribution in [2.75, 3.05) is 0 Å². The van der Waals surface area contributed by atoms with Crippen molar-refractivity contribution < 1.29 is 0 Å². The van der Waals surface area contributed by atoms with Gasteiger partial charge in [-0.1, -0.05) is 104 Å². The lowest BCUT2D eigenvalue weighted by Crippen LogP contribution is -2.12. The molecule has 0 amide bonds. The van der Waals surface area contributed by atoms with Crippen molar-refractivity contribution >= 4 is 24.6 Å². The predicted octanol–water partition coefficient (Wildman–Crippen LogP) is 5.57. The van der Waals surface area contributed by atoms with Gasteiger partial charge in [0.15, 0.2) is 0 Å². The number of benzene rings is 3. The minimum absolute atomic E-state index is 0.477. The Morgan fingerprint density at radius 3 is 1.57 bits per heavy atom. The fourth-order valence-electron chi connectivity index (χ4n) is 2.70. The lowest BCUT2D eigenvalue weighted by atomic mass is 10.2. The second-order valence-electron chi connectivity index (χ2n) is 5.41. The molecular formula is C22H21P. The van der Waals surface area contributed by atoms with Crippen molar-refractivity contribution in [2.24, 2.45) is 0 Å². The monoisotopic (exact) mass is 316 g/mol. The molecule has 0 N–H and O–H groups in total. The number of allylic oxidation sites excluding steroid dienone is 1. The fraction of sp³-hybridized carbons (Fsp3) is 0.0909. The molecular weight excluding hydrogens is 295 g/mol. The number of hydrogen-bond acceptors (Lipinski definition) is 0. The van der Waals surface area contributed by atoms with Crippen LogP contribution >= 0.6 is 7.92 Å². The van der Waals surface area contributed by atoms with E-state index in [2.05, 4.69) is 104 Å². The highest BCUT2D eigenvalue weighted by atomic mass is 31.1. The van der Waals surface area contributed by atoms with E-state index >= 15 is 0 Å². The molecule has 0 atom stereocenters. The van der Waals surface area contributed by atoms with Crippen LogP contribution in [0.4, 0.5) is 0 Å². The Hall–Kier alpha value is -2.17. The van der Waals surface area contributed by atoms with Crippen molar-refractivity contribution in [3.05, 3.63) is 102 Å². The van der Waals surface area contributed by atoms with Gasteiger partial charge in [0.2, 0.25) is 0 Å². The molecule has 0 aliphatic rings. The zero-order valence-electron chi connectivity index (χ0n) is 13.4. The molecule has 23 heavy (non-hydrogen) atoms. The number of rotatable bonds is 5. The van der Waals surface area contributed by atoms with Gasteiger partial charge in [-0.15, -0.1) is 0 Å². The topological polar surface area (TPSA) is 0 Å². The first-order chi connectivity index (χ1) is 11.4. The molecule has 0 radical (unpaired) electrons. The normalized spacial score (nSPS) is 11.7. The van der Waals surface area contributed by atoms with Gasteiger partial charge in [-0.05, 0) is 35.8 Å². The third-order valence-electron chi connectivity index (χ3n) is 3.81. The third kappa shape index (κ3) is 3.97. The van der Waals surface area contributed by atoms with Gasteiger partial charge < -0.3 is 0 Å². The van der Waals surface area contributed by atoms with E-state index in [1.54, 1.807) is 0 Å². The standard InChI is InChI=1S/C22H21P/c1-2-20(18-19-12-6-3-7-13-19)23(21-14-8-4-9-15-21)22-16-10-5-11-17-22/h3-18H,2H2,1H3. The highest BCUT2D eigenvalue weighted by Crippen LogP contribution is 2.45. The largest absolute Gasteiger partial charge is 0.0622 e. The molecule has 3 rings (SSSR count). The summed E-state index contributed by atoms with van der Waals surface area (Å²) in [7, 11) is -0.477. The van der Waals surface area contributed by atoms with Crippen LogP contribution in [0.3, 0.4) is 0 Å². The minimum atomic E-state index is -0.477. The van der Waals surface area contributed by atoms with Crippen LogP contribution in [-0.2, 0) is 0 Å². The van der Waals surface area contributed by atoms with E-state index in [1.807, 2.05) is 0 Å². The SMILES string of the molecule is CCC(=Cc1ccccc1)P(c1ccccc1)c1ccccc1. The highest BCUT2D eigenvalue weighted by Gasteiger charge is 2.17. The second kappa shape index (κ2) is 7.90. The summed E-state index contributed by atoms with van der Waals surface area (Å²) in [5.41, 5.74) is 1.28. The van der Waals surface area contributed by atoms with E-state index in [1.165, 1.54) is 21.5 Å². The Morgan fingerprint density at radius 1 is 0.696 bits per heavy atom. The average molecular weight is 316 g/mol. The summed E-state index contributed by atoms with van der Waals surface area (Å²) in [5, 5.41) is 4.33. The third-order valence-corrected chi connectivity index (χ3v) is 6.46. The van der Waals surface area contributed by atoms with Gasteiger partial charge >= 0.3 is 0 Å². The van der Waals surface area contributed by atoms with Crippen LogP contribution in [0.15, 0.2) is 96.3 Å². The highest BCUT2D eigenvalue weighted by molar-refractivity contribution is 7.76. The van der Waals surface area contributed by atoms with Gasteiger partial charge in [-0.25, -0.2) is 0 Å². The summed E-state index contributed by atoms with van der Waals surface area (Å²) in [6.07, 6.45) is 3.43. The van der Waals surface area contributed by atoms with Gasteiger partial charge in [-0.3, -0.25) is 0 Å². The summed E-state index contributed by atoms with van der Waals surface area (Å²) >= 11 is 0. The van der Waals surface area contributed by atoms with Gasteiger partial charge in [0, 0.05) is 0 Å². The molecule has 0 aliphatic carbocycles. The van der Waals surface area contributed by atoms with Crippen LogP contribution in [0.5, 0.6) is 0 Å². The van der Waals surface area contributed by atoms with Gasteiger partial charge in [0.05, 0.1) is 0 Å². The molecule has 1 heteroatoms. The van der Waals surface area contributed by atoms with E-state index in [4.69, 9.17) is 0 Å². The second-order valence-corrected chi connectivity index (χ2v) is 7.68. The van der Waals surface area contributed by atoms with Crippen molar-refractivity contribution in [2.45, 2.75) is 13.3 Å². The summed E-state index contributed by atoms with van der Waals surface area (Å²) in [5.74, 6) is 0. The van der Waals surface area contributed by atoms with Crippen LogP contribution in [-0.4, -0.2) is 0 Å². The van der Waals surface area contributed by atoms with E-state index in [0.717, 1.165) is 6.42 Å². The molecule has 0 aliphatic heterocycles. The smallest absolute Gasteiger partial charge is 0.0154 e. The van der Waals surface area contributed by atoms with Crippen molar-refractivity contribution in [1.82, 2.24) is 0 Å². The van der Waals surface area contributed by atoms with Crippen LogP contribution in [0, 0.1) is 0 Å². The van der Waals surface area contributed by atoms with Gasteiger partial charge in [0.25, 0.3) is 0 Å². The van der Waals surface area contributed by atoms with Crippen LogP contribution < -0.4 is 10.6 Å². The molecule has 3 aromatic rings. The maximum atomic E-state index is 2.37. The van der Waals surface area contributed by atoms with Crippen molar-refractivity contribution in [1.29, 1.82) is 0 Å². The fourth-order valence-corrected chi connectivity index (χ4v) is 5.20. The first-order valence-corrected chi connectivity index (χ1v) is 9.38. The Balaban J connectivity index is 2.09. The minimum Gasteiger partial charge on any atom is -0.0622 e. The van der Waals surface area contributed by atoms with Gasteiger partial charge in [-0.2, -0.15) is 0 Å². The van der Waals surface area contributed by atoms with E-state index < -0.39 is 7.92 Å². The van der Waals surface area contributed by atoms with Crippen molar-refractivity contribution in [3.8, 4) is 0 Å². The number of hydrogen-bond donors (Lipinski definition) is 0. The molecule has 0 bridgehead atoms. The quantitative estimate of drug-likeness (QED) is 0.540. The molecule has 0 nitrogen and oxygen atoms in total. The van der Waals surface area contributed by atoms with Crippen LogP contribution in [0.1, 0.15) is 18.9 Å². The molecule has 0 unspecified atom stereocenters. The molecule has 0 aromatic heterocycles. The zero-order valence-corrected chi connectivity index (χ0v) is 14.3. The Morgan fingerprint density at radius 2 is 1.13 bits per heavy atom. The molecule has 0 saturated carbocycles. The molecule has 0 heterocycles. The summed E-state index contributed by atoms with van der Waals surface area (Å²) in [6, 6.07) is 32.4. The van der Waals surface area contributed by atoms with Crippen LogP contribution in [0.2, 0.25) is 0 Å². The maximum Gasteiger partial charge on any atom is -0.0154 e. The maximum absolute atomic E-state index is 2.37. The van der Waals surface area contributed by atoms with E-state index in [-0.39, 0.29) is 0 Å². The lowest BCUT2D eigenvalue weighted by molar-refractivity contribution is 1.21. The Kier molecular flexibility index (Phi) is 5.40. The molecule has 0 saturated heterocycles. The summed E-state index contributed by atoms with van der Waals surface area (Å²) in [6.45, 7) is 2.26. The average Bonchev–Trinajstić information content (AvgIpc) is 2.64. The summed E-state index contributed by atoms with van der Waals surface area (Å²) < 4.78 is 0. The van der Waals surface area contributed by atoms with Crippen molar-refractivity contribution in [3.63, 3.8) is 0 Å².